The summed E-state index contributed by atoms with van der Waals surface area (Å²) in [6.07, 6.45) is -2.56. The second kappa shape index (κ2) is 8.13. The molecule has 1 aliphatic heterocycles. The van der Waals surface area contributed by atoms with Crippen LogP contribution in [-0.4, -0.2) is 36.5 Å². The average molecular weight is 376 g/mol. The maximum absolute atomic E-state index is 12.8. The molecule has 144 valence electrons. The highest BCUT2D eigenvalue weighted by molar-refractivity contribution is 6.01. The molecule has 1 saturated heterocycles. The van der Waals surface area contributed by atoms with Crippen molar-refractivity contribution in [3.05, 3.63) is 59.7 Å². The van der Waals surface area contributed by atoms with Crippen LogP contribution in [0.5, 0.6) is 0 Å². The molecule has 2 aromatic rings. The Kier molecular flexibility index (Phi) is 5.85. The Balaban J connectivity index is 1.77. The first kappa shape index (κ1) is 19.4. The van der Waals surface area contributed by atoms with Gasteiger partial charge in [0.25, 0.3) is 5.91 Å². The van der Waals surface area contributed by atoms with E-state index in [1.165, 1.54) is 12.1 Å². The van der Waals surface area contributed by atoms with E-state index in [-0.39, 0.29) is 11.9 Å². The zero-order valence-corrected chi connectivity index (χ0v) is 15.2. The van der Waals surface area contributed by atoms with E-state index >= 15 is 0 Å². The highest BCUT2D eigenvalue weighted by Gasteiger charge is 2.30. The molecular weight excluding hydrogens is 353 g/mol. The second-order valence-corrected chi connectivity index (χ2v) is 6.80. The number of hydrogen-bond donors (Lipinski definition) is 1. The molecule has 0 atom stereocenters. The van der Waals surface area contributed by atoms with Gasteiger partial charge >= 0.3 is 6.18 Å². The number of alkyl halides is 3. The third-order valence-corrected chi connectivity index (χ3v) is 5.06. The van der Waals surface area contributed by atoms with Crippen molar-refractivity contribution in [1.82, 2.24) is 10.2 Å². The van der Waals surface area contributed by atoms with E-state index in [0.29, 0.717) is 16.7 Å². The molecule has 1 fully saturated rings. The van der Waals surface area contributed by atoms with Crippen LogP contribution in [0.15, 0.2) is 48.5 Å². The number of likely N-dealkylation sites (tertiary alicyclic amines) is 1. The third kappa shape index (κ3) is 4.69. The number of rotatable bonds is 4. The minimum Gasteiger partial charge on any atom is -0.349 e. The minimum atomic E-state index is -4.37. The van der Waals surface area contributed by atoms with Gasteiger partial charge in [0.05, 0.1) is 5.56 Å². The summed E-state index contributed by atoms with van der Waals surface area (Å²) in [5, 5.41) is 3.08. The normalized spacial score (nSPS) is 16.3. The topological polar surface area (TPSA) is 32.3 Å². The fourth-order valence-electron chi connectivity index (χ4n) is 3.43. The maximum Gasteiger partial charge on any atom is 0.416 e. The van der Waals surface area contributed by atoms with Gasteiger partial charge < -0.3 is 10.2 Å². The highest BCUT2D eigenvalue weighted by atomic mass is 19.4. The lowest BCUT2D eigenvalue weighted by molar-refractivity contribution is -0.137. The van der Waals surface area contributed by atoms with E-state index in [1.54, 1.807) is 24.3 Å². The van der Waals surface area contributed by atoms with Gasteiger partial charge in [-0.2, -0.15) is 13.2 Å². The molecule has 1 N–H and O–H groups in total. The number of hydrogen-bond acceptors (Lipinski definition) is 2. The standard InChI is InChI=1S/C21H23F3N2O/c1-2-26-13-11-17(12-14-26)25-20(27)19-6-4-3-5-18(19)15-7-9-16(10-8-15)21(22,23)24/h3-10,17H,2,11-14H2,1H3,(H,25,27). The number of nitrogens with one attached hydrogen (secondary N) is 1. The van der Waals surface area contributed by atoms with Crippen molar-refractivity contribution < 1.29 is 18.0 Å². The van der Waals surface area contributed by atoms with Gasteiger partial charge in [-0.3, -0.25) is 4.79 Å². The Morgan fingerprint density at radius 2 is 1.70 bits per heavy atom. The first-order valence-electron chi connectivity index (χ1n) is 9.18. The molecule has 3 nitrogen and oxygen atoms in total. The van der Waals surface area contributed by atoms with Crippen LogP contribution in [0.4, 0.5) is 13.2 Å². The summed E-state index contributed by atoms with van der Waals surface area (Å²) >= 11 is 0. The molecule has 1 aliphatic rings. The van der Waals surface area contributed by atoms with E-state index in [0.717, 1.165) is 44.6 Å². The molecule has 0 aliphatic carbocycles. The van der Waals surface area contributed by atoms with Crippen LogP contribution in [0.1, 0.15) is 35.7 Å². The monoisotopic (exact) mass is 376 g/mol. The van der Waals surface area contributed by atoms with Gasteiger partial charge in [0.15, 0.2) is 0 Å². The van der Waals surface area contributed by atoms with Crippen LogP contribution in [0.2, 0.25) is 0 Å². The fraction of sp³-hybridized carbons (Fsp3) is 0.381. The van der Waals surface area contributed by atoms with Crippen molar-refractivity contribution in [3.63, 3.8) is 0 Å². The molecule has 0 bridgehead atoms. The Labute approximate surface area is 157 Å². The van der Waals surface area contributed by atoms with Crippen LogP contribution in [0, 0.1) is 0 Å². The first-order chi connectivity index (χ1) is 12.9. The van der Waals surface area contributed by atoms with Crippen molar-refractivity contribution in [2.24, 2.45) is 0 Å². The van der Waals surface area contributed by atoms with E-state index in [9.17, 15) is 18.0 Å². The van der Waals surface area contributed by atoms with Crippen LogP contribution in [0.25, 0.3) is 11.1 Å². The van der Waals surface area contributed by atoms with Crippen molar-refractivity contribution in [2.45, 2.75) is 32.0 Å². The molecule has 0 unspecified atom stereocenters. The molecule has 27 heavy (non-hydrogen) atoms. The summed E-state index contributed by atoms with van der Waals surface area (Å²) in [6.45, 7) is 5.06. The van der Waals surface area contributed by atoms with Crippen LogP contribution in [-0.2, 0) is 6.18 Å². The SMILES string of the molecule is CCN1CCC(NC(=O)c2ccccc2-c2ccc(C(F)(F)F)cc2)CC1. The van der Waals surface area contributed by atoms with Gasteiger partial charge in [0, 0.05) is 24.7 Å². The van der Waals surface area contributed by atoms with Crippen molar-refractivity contribution >= 4 is 5.91 Å². The predicted octanol–water partition coefficient (Wildman–Crippen LogP) is 4.59. The van der Waals surface area contributed by atoms with Crippen LogP contribution in [0.3, 0.4) is 0 Å². The molecule has 3 rings (SSSR count). The fourth-order valence-corrected chi connectivity index (χ4v) is 3.43. The number of halogens is 3. The highest BCUT2D eigenvalue weighted by Crippen LogP contribution is 2.32. The van der Waals surface area contributed by atoms with Crippen molar-refractivity contribution in [2.75, 3.05) is 19.6 Å². The van der Waals surface area contributed by atoms with Crippen molar-refractivity contribution in [3.8, 4) is 11.1 Å². The summed E-state index contributed by atoms with van der Waals surface area (Å²) in [5.74, 6) is -0.180. The lowest BCUT2D eigenvalue weighted by Crippen LogP contribution is -2.44. The van der Waals surface area contributed by atoms with Gasteiger partial charge in [-0.25, -0.2) is 0 Å². The quantitative estimate of drug-likeness (QED) is 0.847. The molecular formula is C21H23F3N2O. The summed E-state index contributed by atoms with van der Waals surface area (Å²) in [6, 6.07) is 12.1. The van der Waals surface area contributed by atoms with Gasteiger partial charge in [-0.05, 0) is 48.7 Å². The molecule has 0 radical (unpaired) electrons. The third-order valence-electron chi connectivity index (χ3n) is 5.06. The molecule has 2 aromatic carbocycles. The Hall–Kier alpha value is -2.34. The Bertz CT molecular complexity index is 779. The molecule has 1 amide bonds. The molecule has 6 heteroatoms. The minimum absolute atomic E-state index is 0.126. The van der Waals surface area contributed by atoms with Gasteiger partial charge in [0.1, 0.15) is 0 Å². The predicted molar refractivity (Wildman–Crippen MR) is 99.5 cm³/mol. The molecule has 1 heterocycles. The van der Waals surface area contributed by atoms with Gasteiger partial charge in [-0.15, -0.1) is 0 Å². The van der Waals surface area contributed by atoms with Gasteiger partial charge in [0.2, 0.25) is 0 Å². The summed E-state index contributed by atoms with van der Waals surface area (Å²) in [4.78, 5) is 15.1. The molecule has 0 saturated carbocycles. The first-order valence-corrected chi connectivity index (χ1v) is 9.18. The van der Waals surface area contributed by atoms with Crippen LogP contribution >= 0.6 is 0 Å². The van der Waals surface area contributed by atoms with Crippen molar-refractivity contribution in [1.29, 1.82) is 0 Å². The smallest absolute Gasteiger partial charge is 0.349 e. The molecule has 0 spiro atoms. The Morgan fingerprint density at radius 3 is 2.30 bits per heavy atom. The number of nitrogens with zero attached hydrogens (tertiary/aromatic N) is 1. The lowest BCUT2D eigenvalue weighted by atomic mass is 9.97. The summed E-state index contributed by atoms with van der Waals surface area (Å²) in [7, 11) is 0. The van der Waals surface area contributed by atoms with E-state index < -0.39 is 11.7 Å². The van der Waals surface area contributed by atoms with Crippen LogP contribution < -0.4 is 5.32 Å². The number of benzene rings is 2. The number of carbonyl (C=O) groups is 1. The zero-order valence-electron chi connectivity index (χ0n) is 15.2. The largest absolute Gasteiger partial charge is 0.416 e. The van der Waals surface area contributed by atoms with E-state index in [1.807, 2.05) is 0 Å². The summed E-state index contributed by atoms with van der Waals surface area (Å²) < 4.78 is 38.3. The second-order valence-electron chi connectivity index (χ2n) is 6.80. The average Bonchev–Trinajstić information content (AvgIpc) is 2.68. The van der Waals surface area contributed by atoms with E-state index in [2.05, 4.69) is 17.1 Å². The zero-order chi connectivity index (χ0) is 19.4. The lowest BCUT2D eigenvalue weighted by Gasteiger charge is -2.31. The van der Waals surface area contributed by atoms with Gasteiger partial charge in [-0.1, -0.05) is 37.3 Å². The molecule has 0 aromatic heterocycles. The Morgan fingerprint density at radius 1 is 1.07 bits per heavy atom. The summed E-state index contributed by atoms with van der Waals surface area (Å²) in [5.41, 5.74) is 1.01. The maximum atomic E-state index is 12.8. The number of carbonyl (C=O) groups excluding carboxylic acids is 1. The van der Waals surface area contributed by atoms with E-state index in [4.69, 9.17) is 0 Å². The number of amides is 1. The number of piperidine rings is 1.